The van der Waals surface area contributed by atoms with Gasteiger partial charge in [-0.3, -0.25) is 4.99 Å². The first-order chi connectivity index (χ1) is 11.5. The summed E-state index contributed by atoms with van der Waals surface area (Å²) in [5.74, 6) is 0.343. The van der Waals surface area contributed by atoms with E-state index in [1.165, 1.54) is 6.07 Å². The molecule has 2 N–H and O–H groups in total. The first-order valence-electron chi connectivity index (χ1n) is 8.63. The molecular formula is C18H30ClFN4. The number of nitrogens with one attached hydrogen (secondary N) is 2. The molecule has 24 heavy (non-hydrogen) atoms. The van der Waals surface area contributed by atoms with Crippen LogP contribution in [0.15, 0.2) is 23.2 Å². The Balaban J connectivity index is 2.37. The second-order valence-electron chi connectivity index (χ2n) is 5.89. The van der Waals surface area contributed by atoms with Gasteiger partial charge in [0.25, 0.3) is 0 Å². The van der Waals surface area contributed by atoms with Crippen LogP contribution in [0.25, 0.3) is 0 Å². The molecular weight excluding hydrogens is 327 g/mol. The topological polar surface area (TPSA) is 39.7 Å². The molecule has 0 radical (unpaired) electrons. The summed E-state index contributed by atoms with van der Waals surface area (Å²) in [4.78, 5) is 6.66. The second-order valence-corrected chi connectivity index (χ2v) is 6.30. The van der Waals surface area contributed by atoms with Crippen LogP contribution in [0.5, 0.6) is 0 Å². The normalized spacial score (nSPS) is 13.2. The molecule has 0 amide bonds. The fourth-order valence-electron chi connectivity index (χ4n) is 2.50. The van der Waals surface area contributed by atoms with E-state index in [-0.39, 0.29) is 5.02 Å². The molecule has 0 spiro atoms. The van der Waals surface area contributed by atoms with Gasteiger partial charge in [-0.15, -0.1) is 0 Å². The number of benzene rings is 1. The van der Waals surface area contributed by atoms with E-state index in [4.69, 9.17) is 11.6 Å². The van der Waals surface area contributed by atoms with E-state index in [0.717, 1.165) is 44.0 Å². The second kappa shape index (κ2) is 11.3. The van der Waals surface area contributed by atoms with Crippen molar-refractivity contribution < 1.29 is 4.39 Å². The van der Waals surface area contributed by atoms with Crippen LogP contribution in [0.1, 0.15) is 39.2 Å². The van der Waals surface area contributed by atoms with Gasteiger partial charge in [-0.05, 0) is 57.1 Å². The number of hydrogen-bond acceptors (Lipinski definition) is 2. The van der Waals surface area contributed by atoms with Crippen molar-refractivity contribution >= 4 is 17.6 Å². The van der Waals surface area contributed by atoms with Crippen molar-refractivity contribution in [2.75, 3.05) is 26.7 Å². The molecule has 1 aromatic carbocycles. The number of rotatable bonds is 9. The Morgan fingerprint density at radius 3 is 2.62 bits per heavy atom. The highest BCUT2D eigenvalue weighted by atomic mass is 35.5. The zero-order valence-electron chi connectivity index (χ0n) is 15.2. The maximum atomic E-state index is 13.2. The van der Waals surface area contributed by atoms with Crippen LogP contribution in [0, 0.1) is 5.82 Å². The van der Waals surface area contributed by atoms with Crippen molar-refractivity contribution in [3.8, 4) is 0 Å². The lowest BCUT2D eigenvalue weighted by molar-refractivity contribution is 0.292. The molecule has 0 bridgehead atoms. The van der Waals surface area contributed by atoms with Crippen LogP contribution in [0.4, 0.5) is 4.39 Å². The summed E-state index contributed by atoms with van der Waals surface area (Å²) in [6.45, 7) is 10.4. The SMILES string of the molecule is CCN(CC)CCCC(C)NC(=NC)NCc1ccc(F)c(Cl)c1. The van der Waals surface area contributed by atoms with Crippen molar-refractivity contribution in [2.24, 2.45) is 4.99 Å². The van der Waals surface area contributed by atoms with Gasteiger partial charge in [0, 0.05) is 19.6 Å². The minimum atomic E-state index is -0.398. The van der Waals surface area contributed by atoms with Crippen LogP contribution >= 0.6 is 11.6 Å². The Hall–Kier alpha value is -1.33. The largest absolute Gasteiger partial charge is 0.354 e. The van der Waals surface area contributed by atoms with E-state index in [9.17, 15) is 4.39 Å². The van der Waals surface area contributed by atoms with Gasteiger partial charge in [0.05, 0.1) is 5.02 Å². The zero-order valence-corrected chi connectivity index (χ0v) is 16.0. The maximum Gasteiger partial charge on any atom is 0.191 e. The Labute approximate surface area is 150 Å². The molecule has 0 aliphatic carbocycles. The third-order valence-electron chi connectivity index (χ3n) is 4.06. The minimum absolute atomic E-state index is 0.141. The highest BCUT2D eigenvalue weighted by Crippen LogP contribution is 2.15. The van der Waals surface area contributed by atoms with E-state index in [2.05, 4.69) is 41.3 Å². The molecule has 136 valence electrons. The average molecular weight is 357 g/mol. The molecule has 4 nitrogen and oxygen atoms in total. The van der Waals surface area contributed by atoms with Gasteiger partial charge in [0.15, 0.2) is 5.96 Å². The predicted molar refractivity (Wildman–Crippen MR) is 101 cm³/mol. The molecule has 0 heterocycles. The van der Waals surface area contributed by atoms with Gasteiger partial charge in [-0.2, -0.15) is 0 Å². The third kappa shape index (κ3) is 7.49. The summed E-state index contributed by atoms with van der Waals surface area (Å²) in [5, 5.41) is 6.76. The summed E-state index contributed by atoms with van der Waals surface area (Å²) < 4.78 is 13.2. The number of nitrogens with zero attached hydrogens (tertiary/aromatic N) is 2. The fraction of sp³-hybridized carbons (Fsp3) is 0.611. The van der Waals surface area contributed by atoms with Crippen LogP contribution in [-0.4, -0.2) is 43.6 Å². The number of aliphatic imine (C=N–C) groups is 1. The summed E-state index contributed by atoms with van der Waals surface area (Å²) in [6, 6.07) is 5.06. The average Bonchev–Trinajstić information content (AvgIpc) is 2.58. The van der Waals surface area contributed by atoms with Gasteiger partial charge in [0.2, 0.25) is 0 Å². The van der Waals surface area contributed by atoms with Gasteiger partial charge in [0.1, 0.15) is 5.82 Å². The molecule has 1 rings (SSSR count). The van der Waals surface area contributed by atoms with E-state index in [1.807, 2.05) is 0 Å². The number of halogens is 2. The van der Waals surface area contributed by atoms with Crippen LogP contribution < -0.4 is 10.6 Å². The van der Waals surface area contributed by atoms with E-state index < -0.39 is 5.82 Å². The van der Waals surface area contributed by atoms with Gasteiger partial charge in [-0.25, -0.2) is 4.39 Å². The molecule has 1 atom stereocenters. The molecule has 1 unspecified atom stereocenters. The van der Waals surface area contributed by atoms with E-state index >= 15 is 0 Å². The number of hydrogen-bond donors (Lipinski definition) is 2. The van der Waals surface area contributed by atoms with Crippen LogP contribution in [0.2, 0.25) is 5.02 Å². The lowest BCUT2D eigenvalue weighted by Crippen LogP contribution is -2.42. The Morgan fingerprint density at radius 2 is 2.04 bits per heavy atom. The van der Waals surface area contributed by atoms with E-state index in [0.29, 0.717) is 12.6 Å². The maximum absolute atomic E-state index is 13.2. The smallest absolute Gasteiger partial charge is 0.191 e. The first kappa shape index (κ1) is 20.7. The predicted octanol–water partition coefficient (Wildman–Crippen LogP) is 3.65. The quantitative estimate of drug-likeness (QED) is 0.524. The molecule has 0 saturated carbocycles. The van der Waals surface area contributed by atoms with Crippen LogP contribution in [0.3, 0.4) is 0 Å². The van der Waals surface area contributed by atoms with Crippen molar-refractivity contribution in [2.45, 2.75) is 46.2 Å². The lowest BCUT2D eigenvalue weighted by Gasteiger charge is -2.21. The van der Waals surface area contributed by atoms with Gasteiger partial charge < -0.3 is 15.5 Å². The first-order valence-corrected chi connectivity index (χ1v) is 9.01. The lowest BCUT2D eigenvalue weighted by atomic mass is 10.2. The Kier molecular flexibility index (Phi) is 9.72. The van der Waals surface area contributed by atoms with Crippen molar-refractivity contribution in [1.82, 2.24) is 15.5 Å². The molecule has 1 aromatic rings. The molecule has 0 fully saturated rings. The third-order valence-corrected chi connectivity index (χ3v) is 4.35. The summed E-state index contributed by atoms with van der Waals surface area (Å²) in [5.41, 5.74) is 0.915. The fourth-order valence-corrected chi connectivity index (χ4v) is 2.70. The van der Waals surface area contributed by atoms with Crippen molar-refractivity contribution in [3.63, 3.8) is 0 Å². The number of guanidine groups is 1. The van der Waals surface area contributed by atoms with Crippen molar-refractivity contribution in [3.05, 3.63) is 34.6 Å². The molecule has 0 saturated heterocycles. The monoisotopic (exact) mass is 356 g/mol. The Bertz CT molecular complexity index is 518. The van der Waals surface area contributed by atoms with Gasteiger partial charge in [-0.1, -0.05) is 31.5 Å². The highest BCUT2D eigenvalue weighted by molar-refractivity contribution is 6.30. The zero-order chi connectivity index (χ0) is 17.9. The molecule has 6 heteroatoms. The van der Waals surface area contributed by atoms with Gasteiger partial charge >= 0.3 is 0 Å². The van der Waals surface area contributed by atoms with Crippen LogP contribution in [-0.2, 0) is 6.54 Å². The summed E-state index contributed by atoms with van der Waals surface area (Å²) >= 11 is 5.80. The summed E-state index contributed by atoms with van der Waals surface area (Å²) in [7, 11) is 1.75. The molecule has 0 aromatic heterocycles. The summed E-state index contributed by atoms with van der Waals surface area (Å²) in [6.07, 6.45) is 2.24. The van der Waals surface area contributed by atoms with E-state index in [1.54, 1.807) is 19.2 Å². The minimum Gasteiger partial charge on any atom is -0.354 e. The van der Waals surface area contributed by atoms with Crippen molar-refractivity contribution in [1.29, 1.82) is 0 Å². The highest BCUT2D eigenvalue weighted by Gasteiger charge is 2.07. The molecule has 0 aliphatic rings. The standard InChI is InChI=1S/C18H30ClFN4/c1-5-24(6-2)11-7-8-14(3)23-18(21-4)22-13-15-9-10-17(20)16(19)12-15/h9-10,12,14H,5-8,11,13H2,1-4H3,(H2,21,22,23). The molecule has 0 aliphatic heterocycles. The Morgan fingerprint density at radius 1 is 1.33 bits per heavy atom.